The number of rotatable bonds is 7. The molecule has 0 aliphatic heterocycles. The van der Waals surface area contributed by atoms with Gasteiger partial charge in [0.25, 0.3) is 0 Å². The maximum absolute atomic E-state index is 2.36. The van der Waals surface area contributed by atoms with Crippen LogP contribution in [0.4, 0.5) is 0 Å². The number of thiophene rings is 4. The zero-order valence-electron chi connectivity index (χ0n) is 32.3. The molecule has 0 unspecified atom stereocenters. The van der Waals surface area contributed by atoms with Crippen LogP contribution in [0.5, 0.6) is 0 Å². The summed E-state index contributed by atoms with van der Waals surface area (Å²) in [6, 6.07) is 76.1. The molecule has 0 spiro atoms. The Morgan fingerprint density at radius 1 is 0.183 bits per heavy atom. The summed E-state index contributed by atoms with van der Waals surface area (Å²) in [7, 11) is 0. The predicted molar refractivity (Wildman–Crippen MR) is 266 cm³/mol. The highest BCUT2D eigenvalue weighted by atomic mass is 32.1. The zero-order chi connectivity index (χ0) is 39.6. The van der Waals surface area contributed by atoms with Gasteiger partial charge < -0.3 is 0 Å². The second-order valence-electron chi connectivity index (χ2n) is 15.3. The van der Waals surface area contributed by atoms with E-state index in [-0.39, 0.29) is 0 Å². The average molecular weight is 835 g/mol. The minimum absolute atomic E-state index is 1.24. The van der Waals surface area contributed by atoms with Gasteiger partial charge in [0.15, 0.2) is 0 Å². The first-order valence-corrected chi connectivity index (χ1v) is 23.4. The van der Waals surface area contributed by atoms with E-state index in [1.165, 1.54) is 115 Å². The van der Waals surface area contributed by atoms with Crippen LogP contribution in [0.2, 0.25) is 0 Å². The lowest BCUT2D eigenvalue weighted by Crippen LogP contribution is -1.79. The van der Waals surface area contributed by atoms with Gasteiger partial charge >= 0.3 is 0 Å². The van der Waals surface area contributed by atoms with Crippen molar-refractivity contribution in [2.75, 3.05) is 0 Å². The number of hydrogen-bond acceptors (Lipinski definition) is 4. The van der Waals surface area contributed by atoms with E-state index in [4.69, 9.17) is 0 Å². The number of benzene rings is 8. The fraction of sp³-hybridized carbons (Fsp3) is 0. The highest BCUT2D eigenvalue weighted by Crippen LogP contribution is 2.43. The maximum Gasteiger partial charge on any atom is 0.0449 e. The van der Waals surface area contributed by atoms with Crippen LogP contribution in [0.15, 0.2) is 206 Å². The lowest BCUT2D eigenvalue weighted by Gasteiger charge is -2.04. The molecule has 0 amide bonds. The topological polar surface area (TPSA) is 0 Å². The molecule has 4 heterocycles. The number of hydrogen-bond donors (Lipinski definition) is 0. The molecule has 4 heteroatoms. The second-order valence-corrected chi connectivity index (χ2v) is 19.6. The molecule has 8 aromatic carbocycles. The van der Waals surface area contributed by atoms with Crippen LogP contribution in [0.3, 0.4) is 0 Å². The van der Waals surface area contributed by atoms with Crippen LogP contribution in [0.1, 0.15) is 0 Å². The quantitative estimate of drug-likeness (QED) is 0.150. The van der Waals surface area contributed by atoms with Crippen LogP contribution in [-0.4, -0.2) is 0 Å². The molecule has 60 heavy (non-hydrogen) atoms. The highest BCUT2D eigenvalue weighted by Gasteiger charge is 2.13. The molecule has 0 N–H and O–H groups in total. The summed E-state index contributed by atoms with van der Waals surface area (Å²) in [4.78, 5) is 5.19. The van der Waals surface area contributed by atoms with Gasteiger partial charge in [-0.3, -0.25) is 0 Å². The van der Waals surface area contributed by atoms with Crippen molar-refractivity contribution in [1.29, 1.82) is 0 Å². The Kier molecular flexibility index (Phi) is 8.71. The average Bonchev–Trinajstić information content (AvgIpc) is 4.14. The van der Waals surface area contributed by atoms with Gasteiger partial charge in [-0.1, -0.05) is 158 Å². The van der Waals surface area contributed by atoms with E-state index in [2.05, 4.69) is 206 Å². The summed E-state index contributed by atoms with van der Waals surface area (Å²) < 4.78 is 5.32. The van der Waals surface area contributed by atoms with Gasteiger partial charge in [0.05, 0.1) is 0 Å². The van der Waals surface area contributed by atoms with Crippen LogP contribution in [0.25, 0.3) is 115 Å². The van der Waals surface area contributed by atoms with Crippen LogP contribution < -0.4 is 0 Å². The normalized spacial score (nSPS) is 11.7. The Hall–Kier alpha value is -6.40. The van der Waals surface area contributed by atoms with Crippen molar-refractivity contribution in [3.63, 3.8) is 0 Å². The minimum Gasteiger partial charge on any atom is -0.135 e. The third-order valence-corrected chi connectivity index (χ3v) is 16.3. The van der Waals surface area contributed by atoms with Gasteiger partial charge in [0.2, 0.25) is 0 Å². The Morgan fingerprint density at radius 3 is 0.783 bits per heavy atom. The molecular weight excluding hydrogens is 801 g/mol. The lowest BCUT2D eigenvalue weighted by molar-refractivity contribution is 1.65. The van der Waals surface area contributed by atoms with Crippen molar-refractivity contribution in [3.05, 3.63) is 206 Å². The molecule has 0 bridgehead atoms. The summed E-state index contributed by atoms with van der Waals surface area (Å²) in [5, 5.41) is 5.32. The summed E-state index contributed by atoms with van der Waals surface area (Å²) in [6.07, 6.45) is 0. The van der Waals surface area contributed by atoms with Gasteiger partial charge in [-0.25, -0.2) is 0 Å². The molecule has 0 nitrogen and oxygen atoms in total. The van der Waals surface area contributed by atoms with Crippen LogP contribution in [0, 0.1) is 0 Å². The minimum atomic E-state index is 1.24. The van der Waals surface area contributed by atoms with E-state index >= 15 is 0 Å². The molecular formula is C56H34S4. The van der Waals surface area contributed by atoms with Crippen LogP contribution in [-0.2, 0) is 0 Å². The van der Waals surface area contributed by atoms with E-state index < -0.39 is 0 Å². The molecule has 0 atom stereocenters. The lowest BCUT2D eigenvalue weighted by atomic mass is 10.0. The molecule has 0 aliphatic carbocycles. The monoisotopic (exact) mass is 834 g/mol. The Morgan fingerprint density at radius 2 is 0.450 bits per heavy atom. The van der Waals surface area contributed by atoms with E-state index in [1.54, 1.807) is 0 Å². The molecule has 0 fully saturated rings. The summed E-state index contributed by atoms with van der Waals surface area (Å²) in [5.41, 5.74) is 12.6. The molecule has 12 aromatic rings. The van der Waals surface area contributed by atoms with E-state index in [1.807, 2.05) is 45.3 Å². The van der Waals surface area contributed by atoms with Gasteiger partial charge in [0, 0.05) is 59.9 Å². The van der Waals surface area contributed by atoms with Gasteiger partial charge in [0.1, 0.15) is 0 Å². The fourth-order valence-electron chi connectivity index (χ4n) is 8.44. The number of fused-ring (bicyclic) bond motifs is 6. The van der Waals surface area contributed by atoms with Crippen molar-refractivity contribution in [1.82, 2.24) is 0 Å². The van der Waals surface area contributed by atoms with E-state index in [9.17, 15) is 0 Å². The van der Waals surface area contributed by atoms with Crippen molar-refractivity contribution >= 4 is 85.7 Å². The van der Waals surface area contributed by atoms with Crippen molar-refractivity contribution in [2.24, 2.45) is 0 Å². The predicted octanol–water partition coefficient (Wildman–Crippen LogP) is 18.2. The zero-order valence-corrected chi connectivity index (χ0v) is 35.5. The highest BCUT2D eigenvalue weighted by molar-refractivity contribution is 7.26. The van der Waals surface area contributed by atoms with E-state index in [0.29, 0.717) is 0 Å². The van der Waals surface area contributed by atoms with Gasteiger partial charge in [-0.2, -0.15) is 0 Å². The Labute approximate surface area is 364 Å². The molecule has 0 radical (unpaired) electrons. The first kappa shape index (κ1) is 35.5. The third-order valence-electron chi connectivity index (χ3n) is 11.6. The molecule has 4 aromatic heterocycles. The molecule has 12 rings (SSSR count). The fourth-order valence-corrected chi connectivity index (χ4v) is 12.9. The Balaban J connectivity index is 0.749. The first-order valence-electron chi connectivity index (χ1n) is 20.1. The summed E-state index contributed by atoms with van der Waals surface area (Å²) in [6.45, 7) is 0. The van der Waals surface area contributed by atoms with Gasteiger partial charge in [-0.15, -0.1) is 45.3 Å². The Bertz CT molecular complexity index is 3270. The SMILES string of the molecule is c1ccc(-c2ccc3c(c2)sc2cc(-c4ccc(-c5ccc(-c6ccc(-c7ccc(-c8ccc9c(c8)sc8cc(-c%10ccccc%10)ccc89)cc7)s6)s5)cc4)ccc23)cc1. The molecule has 0 aliphatic rings. The standard InChI is InChI=1S/C56H34S4/c1-3-7-35(8-4-1)41-19-23-45-47-25-21-43(33-55(47)59-53(45)31-41)37-11-15-39(16-12-37)49-27-29-51(57-49)52-30-28-50(58-52)40-17-13-38(14-18-40)44-22-26-48-46-24-20-42(36-9-5-2-6-10-36)32-54(46)60-56(48)34-44/h1-34H. The first-order chi connectivity index (χ1) is 29.7. The van der Waals surface area contributed by atoms with Gasteiger partial charge in [-0.05, 0) is 104 Å². The molecule has 0 saturated heterocycles. The van der Waals surface area contributed by atoms with Crippen molar-refractivity contribution in [2.45, 2.75) is 0 Å². The maximum atomic E-state index is 2.36. The third kappa shape index (κ3) is 6.41. The largest absolute Gasteiger partial charge is 0.135 e. The second kappa shape index (κ2) is 14.7. The van der Waals surface area contributed by atoms with E-state index in [0.717, 1.165) is 0 Å². The molecule has 0 saturated carbocycles. The smallest absolute Gasteiger partial charge is 0.0449 e. The summed E-state index contributed by atoms with van der Waals surface area (Å²) in [5.74, 6) is 0. The van der Waals surface area contributed by atoms with Crippen molar-refractivity contribution < 1.29 is 0 Å². The van der Waals surface area contributed by atoms with Crippen molar-refractivity contribution in [3.8, 4) is 75.1 Å². The summed E-state index contributed by atoms with van der Waals surface area (Å²) >= 11 is 7.50. The van der Waals surface area contributed by atoms with Crippen LogP contribution >= 0.6 is 45.3 Å². The molecule has 282 valence electrons.